The van der Waals surface area contributed by atoms with Crippen molar-refractivity contribution in [1.29, 1.82) is 5.26 Å². The fourth-order valence-electron chi connectivity index (χ4n) is 2.76. The standard InChI is InChI=1S/C17H14Cl2N2OS/c18-13-7-6-10(8-14(13)19)16(22)21-17-12(9-20)11-4-2-1-3-5-15(11)23-17/h6-8H,1-5H2,(H,21,22). The second kappa shape index (κ2) is 6.92. The van der Waals surface area contributed by atoms with Crippen LogP contribution in [0.15, 0.2) is 18.2 Å². The van der Waals surface area contributed by atoms with E-state index in [0.29, 0.717) is 26.2 Å². The summed E-state index contributed by atoms with van der Waals surface area (Å²) >= 11 is 13.3. The lowest BCUT2D eigenvalue weighted by Gasteiger charge is -2.05. The SMILES string of the molecule is N#Cc1c(NC(=O)c2ccc(Cl)c(Cl)c2)sc2c1CCCCC2. The zero-order chi connectivity index (χ0) is 16.4. The van der Waals surface area contributed by atoms with E-state index < -0.39 is 0 Å². The molecule has 0 aliphatic heterocycles. The molecule has 0 bridgehead atoms. The Hall–Kier alpha value is -1.54. The van der Waals surface area contributed by atoms with Crippen molar-refractivity contribution in [2.24, 2.45) is 0 Å². The molecular formula is C17H14Cl2N2OS. The average Bonchev–Trinajstić information content (AvgIpc) is 2.69. The van der Waals surface area contributed by atoms with Crippen LogP contribution in [-0.4, -0.2) is 5.91 Å². The number of amides is 1. The molecule has 3 rings (SSSR count). The summed E-state index contributed by atoms with van der Waals surface area (Å²) in [5.74, 6) is -0.281. The minimum atomic E-state index is -0.281. The Labute approximate surface area is 148 Å². The smallest absolute Gasteiger partial charge is 0.256 e. The summed E-state index contributed by atoms with van der Waals surface area (Å²) in [7, 11) is 0. The van der Waals surface area contributed by atoms with Gasteiger partial charge >= 0.3 is 0 Å². The van der Waals surface area contributed by atoms with E-state index in [0.717, 1.165) is 31.2 Å². The normalized spacial score (nSPS) is 13.8. The molecule has 1 aliphatic carbocycles. The number of aryl methyl sites for hydroxylation is 1. The van der Waals surface area contributed by atoms with Gasteiger partial charge in [0.15, 0.2) is 0 Å². The van der Waals surface area contributed by atoms with E-state index in [1.54, 1.807) is 12.1 Å². The maximum absolute atomic E-state index is 12.4. The number of hydrogen-bond acceptors (Lipinski definition) is 3. The summed E-state index contributed by atoms with van der Waals surface area (Å²) in [4.78, 5) is 13.6. The van der Waals surface area contributed by atoms with E-state index >= 15 is 0 Å². The van der Waals surface area contributed by atoms with Crippen molar-refractivity contribution in [1.82, 2.24) is 0 Å². The lowest BCUT2D eigenvalue weighted by Crippen LogP contribution is -2.11. The summed E-state index contributed by atoms with van der Waals surface area (Å²) in [6.07, 6.45) is 5.32. The number of fused-ring (bicyclic) bond motifs is 1. The third-order valence-corrected chi connectivity index (χ3v) is 5.89. The topological polar surface area (TPSA) is 52.9 Å². The van der Waals surface area contributed by atoms with Gasteiger partial charge in [-0.05, 0) is 49.4 Å². The van der Waals surface area contributed by atoms with Crippen LogP contribution in [0.4, 0.5) is 5.00 Å². The first-order valence-corrected chi connectivity index (χ1v) is 8.98. The Morgan fingerprint density at radius 1 is 1.17 bits per heavy atom. The van der Waals surface area contributed by atoms with Gasteiger partial charge in [-0.2, -0.15) is 5.26 Å². The number of nitrogens with zero attached hydrogens (tertiary/aromatic N) is 1. The highest BCUT2D eigenvalue weighted by atomic mass is 35.5. The molecule has 6 heteroatoms. The molecule has 2 aromatic rings. The maximum Gasteiger partial charge on any atom is 0.256 e. The van der Waals surface area contributed by atoms with Crippen LogP contribution in [0.2, 0.25) is 10.0 Å². The Bertz CT molecular complexity index is 808. The van der Waals surface area contributed by atoms with E-state index in [1.807, 2.05) is 0 Å². The van der Waals surface area contributed by atoms with Crippen molar-refractivity contribution in [3.05, 3.63) is 49.8 Å². The highest BCUT2D eigenvalue weighted by Gasteiger charge is 2.21. The minimum Gasteiger partial charge on any atom is -0.312 e. The maximum atomic E-state index is 12.4. The van der Waals surface area contributed by atoms with Gasteiger partial charge in [0, 0.05) is 10.4 Å². The van der Waals surface area contributed by atoms with Crippen LogP contribution in [0, 0.1) is 11.3 Å². The highest BCUT2D eigenvalue weighted by Crippen LogP contribution is 2.37. The number of benzene rings is 1. The molecule has 0 spiro atoms. The summed E-state index contributed by atoms with van der Waals surface area (Å²) in [6, 6.07) is 7.00. The molecule has 0 unspecified atom stereocenters. The molecule has 0 radical (unpaired) electrons. The Balaban J connectivity index is 1.89. The minimum absolute atomic E-state index is 0.281. The molecule has 0 saturated carbocycles. The van der Waals surface area contributed by atoms with Crippen molar-refractivity contribution in [2.45, 2.75) is 32.1 Å². The first kappa shape index (κ1) is 16.3. The van der Waals surface area contributed by atoms with Gasteiger partial charge in [-0.1, -0.05) is 29.6 Å². The van der Waals surface area contributed by atoms with Gasteiger partial charge in [0.2, 0.25) is 0 Å². The third kappa shape index (κ3) is 3.37. The van der Waals surface area contributed by atoms with Crippen molar-refractivity contribution in [2.75, 3.05) is 5.32 Å². The van der Waals surface area contributed by atoms with Crippen LogP contribution < -0.4 is 5.32 Å². The molecule has 118 valence electrons. The van der Waals surface area contributed by atoms with Gasteiger partial charge in [-0.3, -0.25) is 4.79 Å². The van der Waals surface area contributed by atoms with Gasteiger partial charge < -0.3 is 5.32 Å². The van der Waals surface area contributed by atoms with Crippen molar-refractivity contribution in [3.8, 4) is 6.07 Å². The van der Waals surface area contributed by atoms with Gasteiger partial charge in [-0.15, -0.1) is 11.3 Å². The molecule has 0 saturated heterocycles. The third-order valence-electron chi connectivity index (χ3n) is 3.94. The van der Waals surface area contributed by atoms with E-state index in [2.05, 4.69) is 11.4 Å². The van der Waals surface area contributed by atoms with Crippen LogP contribution >= 0.6 is 34.5 Å². The van der Waals surface area contributed by atoms with E-state index in [9.17, 15) is 10.1 Å². The largest absolute Gasteiger partial charge is 0.312 e. The number of carbonyl (C=O) groups excluding carboxylic acids is 1. The monoisotopic (exact) mass is 364 g/mol. The molecule has 1 aliphatic rings. The molecule has 0 fully saturated rings. The van der Waals surface area contributed by atoms with Crippen LogP contribution in [0.1, 0.15) is 45.6 Å². The first-order chi connectivity index (χ1) is 11.1. The molecule has 1 N–H and O–H groups in total. The van der Waals surface area contributed by atoms with E-state index in [4.69, 9.17) is 23.2 Å². The Morgan fingerprint density at radius 2 is 1.96 bits per heavy atom. The predicted octanol–water partition coefficient (Wildman–Crippen LogP) is 5.45. The lowest BCUT2D eigenvalue weighted by atomic mass is 10.1. The number of anilines is 1. The van der Waals surface area contributed by atoms with E-state index in [1.165, 1.54) is 28.7 Å². The lowest BCUT2D eigenvalue weighted by molar-refractivity contribution is 0.102. The number of carbonyl (C=O) groups is 1. The van der Waals surface area contributed by atoms with Crippen molar-refractivity contribution < 1.29 is 4.79 Å². The number of rotatable bonds is 2. The molecule has 1 amide bonds. The number of nitriles is 1. The number of halogens is 2. The molecule has 0 atom stereocenters. The molecule has 1 aromatic carbocycles. The number of nitrogens with one attached hydrogen (secondary N) is 1. The van der Waals surface area contributed by atoms with Crippen LogP contribution in [0.5, 0.6) is 0 Å². The van der Waals surface area contributed by atoms with Gasteiger partial charge in [-0.25, -0.2) is 0 Å². The van der Waals surface area contributed by atoms with Gasteiger partial charge in [0.05, 0.1) is 15.6 Å². The fraction of sp³-hybridized carbons (Fsp3) is 0.294. The highest BCUT2D eigenvalue weighted by molar-refractivity contribution is 7.16. The Kier molecular flexibility index (Phi) is 4.91. The summed E-state index contributed by atoms with van der Waals surface area (Å²) in [6.45, 7) is 0. The fourth-order valence-corrected chi connectivity index (χ4v) is 4.29. The van der Waals surface area contributed by atoms with Crippen molar-refractivity contribution >= 4 is 45.4 Å². The summed E-state index contributed by atoms with van der Waals surface area (Å²) < 4.78 is 0. The quantitative estimate of drug-likeness (QED) is 0.720. The zero-order valence-corrected chi connectivity index (χ0v) is 14.6. The van der Waals surface area contributed by atoms with Crippen LogP contribution in [0.25, 0.3) is 0 Å². The molecule has 1 aromatic heterocycles. The Morgan fingerprint density at radius 3 is 2.70 bits per heavy atom. The number of thiophene rings is 1. The molecule has 1 heterocycles. The molecule has 23 heavy (non-hydrogen) atoms. The van der Waals surface area contributed by atoms with Crippen molar-refractivity contribution in [3.63, 3.8) is 0 Å². The summed E-state index contributed by atoms with van der Waals surface area (Å²) in [5.41, 5.74) is 2.15. The van der Waals surface area contributed by atoms with Gasteiger partial charge in [0.25, 0.3) is 5.91 Å². The second-order valence-corrected chi connectivity index (χ2v) is 7.38. The second-order valence-electron chi connectivity index (χ2n) is 5.46. The van der Waals surface area contributed by atoms with E-state index in [-0.39, 0.29) is 5.91 Å². The zero-order valence-electron chi connectivity index (χ0n) is 12.3. The molecule has 3 nitrogen and oxygen atoms in total. The number of hydrogen-bond donors (Lipinski definition) is 1. The molecular weight excluding hydrogens is 351 g/mol. The summed E-state index contributed by atoms with van der Waals surface area (Å²) in [5, 5.41) is 13.7. The average molecular weight is 365 g/mol. The predicted molar refractivity (Wildman–Crippen MR) is 94.7 cm³/mol. The first-order valence-electron chi connectivity index (χ1n) is 7.41. The van der Waals surface area contributed by atoms with Crippen LogP contribution in [-0.2, 0) is 12.8 Å². The van der Waals surface area contributed by atoms with Crippen LogP contribution in [0.3, 0.4) is 0 Å². The van der Waals surface area contributed by atoms with Gasteiger partial charge in [0.1, 0.15) is 11.1 Å².